The number of hydrogen-bond donors (Lipinski definition) is 4. The van der Waals surface area contributed by atoms with Gasteiger partial charge in [-0.2, -0.15) is 5.10 Å². The number of methoxy groups -OCH3 is 1. The summed E-state index contributed by atoms with van der Waals surface area (Å²) in [5, 5.41) is 13.8. The van der Waals surface area contributed by atoms with Gasteiger partial charge in [-0.1, -0.05) is 0 Å². The molecule has 0 unspecified atom stereocenters. The number of hydrogen-bond acceptors (Lipinski definition) is 7. The van der Waals surface area contributed by atoms with Crippen molar-refractivity contribution in [1.29, 1.82) is 0 Å². The number of carbonyl (C=O) groups excluding carboxylic acids is 3. The van der Waals surface area contributed by atoms with Crippen molar-refractivity contribution in [2.75, 3.05) is 44.9 Å². The largest absolute Gasteiger partial charge is 0.497 e. The molecule has 0 aliphatic carbocycles. The number of carbonyl (C=O) groups is 3. The van der Waals surface area contributed by atoms with Crippen LogP contribution in [-0.4, -0.2) is 71.7 Å². The fourth-order valence-corrected chi connectivity index (χ4v) is 5.69. The van der Waals surface area contributed by atoms with E-state index in [2.05, 4.69) is 26.0 Å². The van der Waals surface area contributed by atoms with E-state index in [1.807, 2.05) is 62.8 Å². The first-order chi connectivity index (χ1) is 23.0. The molecule has 3 amide bonds. The Kier molecular flexibility index (Phi) is 8.74. The number of aromatic amines is 1. The molecule has 3 heterocycles. The van der Waals surface area contributed by atoms with Crippen molar-refractivity contribution < 1.29 is 23.9 Å². The predicted octanol–water partition coefficient (Wildman–Crippen LogP) is 5.75. The normalized spacial score (nSPS) is 13.1. The number of aromatic nitrogens is 3. The zero-order chi connectivity index (χ0) is 34.1. The molecule has 0 fully saturated rings. The lowest BCUT2D eigenvalue weighted by Crippen LogP contribution is -2.31. The van der Waals surface area contributed by atoms with E-state index in [9.17, 15) is 14.4 Å². The molecule has 0 bridgehead atoms. The molecule has 0 atom stereocenters. The number of allylic oxidation sites excluding steroid dienone is 1. The molecule has 3 aromatic carbocycles. The van der Waals surface area contributed by atoms with E-state index in [1.165, 1.54) is 0 Å². The van der Waals surface area contributed by atoms with Gasteiger partial charge in [-0.25, -0.2) is 4.79 Å². The monoisotopic (exact) mass is 647 g/mol. The topological polar surface area (TPSA) is 143 Å². The maximum absolute atomic E-state index is 13.7. The number of Topliss-reactive ketones (excluding diaryl/α,β-unsaturated/α-hetero) is 1. The van der Waals surface area contributed by atoms with Gasteiger partial charge in [0.05, 0.1) is 24.1 Å². The zero-order valence-corrected chi connectivity index (χ0v) is 27.6. The van der Waals surface area contributed by atoms with Crippen LogP contribution in [0.3, 0.4) is 0 Å². The highest BCUT2D eigenvalue weighted by Gasteiger charge is 2.29. The van der Waals surface area contributed by atoms with Crippen LogP contribution in [0.4, 0.5) is 16.2 Å². The minimum absolute atomic E-state index is 0.154. The SMILES string of the molecule is COc1ccc2[nH]c(-c3c(C)nn(C)c3C)c(C=C3Oc4ccc(NC(=O)Nc5ccc(C(=O)NCCN(C)C)cc5)cc4C3=O)c2c1. The number of amides is 3. The number of urea groups is 1. The van der Waals surface area contributed by atoms with E-state index < -0.39 is 6.03 Å². The second-order valence-corrected chi connectivity index (χ2v) is 11.9. The third kappa shape index (κ3) is 6.38. The summed E-state index contributed by atoms with van der Waals surface area (Å²) in [4.78, 5) is 44.3. The number of likely N-dealkylation sites (N-methyl/N-ethyl adjacent to an activating group) is 1. The van der Waals surface area contributed by atoms with Gasteiger partial charge in [0, 0.05) is 64.8 Å². The van der Waals surface area contributed by atoms with Gasteiger partial charge >= 0.3 is 6.03 Å². The van der Waals surface area contributed by atoms with Crippen LogP contribution in [0.1, 0.15) is 37.7 Å². The molecule has 48 heavy (non-hydrogen) atoms. The van der Waals surface area contributed by atoms with Crippen LogP contribution in [0.5, 0.6) is 11.5 Å². The molecular formula is C36H37N7O5. The third-order valence-corrected chi connectivity index (χ3v) is 8.26. The zero-order valence-electron chi connectivity index (χ0n) is 27.6. The molecule has 6 rings (SSSR count). The summed E-state index contributed by atoms with van der Waals surface area (Å²) < 4.78 is 13.4. The number of aryl methyl sites for hydroxylation is 2. The standard InChI is InChI=1S/C36H37N7O5/c1-20-32(21(2)43(5)41-20)33-27(26-18-25(47-6)12-13-29(26)40-33)19-31-34(44)28-17-24(11-14-30(28)48-31)39-36(46)38-23-9-7-22(8-10-23)35(45)37-15-16-42(3)4/h7-14,17-19,40H,15-16H2,1-6H3,(H,37,45)(H2,38,39,46). The van der Waals surface area contributed by atoms with Crippen LogP contribution in [0.25, 0.3) is 28.2 Å². The minimum Gasteiger partial charge on any atom is -0.497 e. The molecule has 5 aromatic rings. The maximum atomic E-state index is 13.7. The highest BCUT2D eigenvalue weighted by molar-refractivity contribution is 6.16. The van der Waals surface area contributed by atoms with Gasteiger partial charge in [-0.15, -0.1) is 0 Å². The average molecular weight is 648 g/mol. The Bertz CT molecular complexity index is 2090. The van der Waals surface area contributed by atoms with Crippen LogP contribution in [0.2, 0.25) is 0 Å². The smallest absolute Gasteiger partial charge is 0.323 e. The van der Waals surface area contributed by atoms with Crippen LogP contribution in [-0.2, 0) is 7.05 Å². The highest BCUT2D eigenvalue weighted by atomic mass is 16.5. The Morgan fingerprint density at radius 1 is 1.02 bits per heavy atom. The average Bonchev–Trinajstić information content (AvgIpc) is 3.65. The molecular weight excluding hydrogens is 610 g/mol. The Balaban J connectivity index is 1.20. The lowest BCUT2D eigenvalue weighted by atomic mass is 10.0. The van der Waals surface area contributed by atoms with Gasteiger partial charge in [-0.3, -0.25) is 14.3 Å². The minimum atomic E-state index is -0.500. The second kappa shape index (κ2) is 13.1. The molecule has 0 saturated carbocycles. The van der Waals surface area contributed by atoms with Crippen LogP contribution >= 0.6 is 0 Å². The van der Waals surface area contributed by atoms with Gasteiger partial charge in [-0.05, 0) is 94.7 Å². The summed E-state index contributed by atoms with van der Waals surface area (Å²) in [6, 6.07) is 16.7. The number of nitrogens with one attached hydrogen (secondary N) is 4. The van der Waals surface area contributed by atoms with Crippen LogP contribution < -0.4 is 25.4 Å². The van der Waals surface area contributed by atoms with Gasteiger partial charge < -0.3 is 35.3 Å². The van der Waals surface area contributed by atoms with Crippen molar-refractivity contribution in [3.63, 3.8) is 0 Å². The van der Waals surface area contributed by atoms with Crippen molar-refractivity contribution >= 4 is 46.1 Å². The number of fused-ring (bicyclic) bond motifs is 2. The van der Waals surface area contributed by atoms with Crippen LogP contribution in [0.15, 0.2) is 66.4 Å². The third-order valence-electron chi connectivity index (χ3n) is 8.26. The molecule has 246 valence electrons. The quantitative estimate of drug-likeness (QED) is 0.149. The number of rotatable bonds is 9. The Morgan fingerprint density at radius 2 is 1.75 bits per heavy atom. The van der Waals surface area contributed by atoms with E-state index >= 15 is 0 Å². The fourth-order valence-electron chi connectivity index (χ4n) is 5.69. The van der Waals surface area contributed by atoms with Gasteiger partial charge in [0.2, 0.25) is 5.78 Å². The Hall–Kier alpha value is -5.88. The summed E-state index contributed by atoms with van der Waals surface area (Å²) in [6.07, 6.45) is 1.74. The van der Waals surface area contributed by atoms with Crippen LogP contribution in [0, 0.1) is 13.8 Å². The van der Waals surface area contributed by atoms with Crippen molar-refractivity contribution in [3.8, 4) is 22.8 Å². The highest BCUT2D eigenvalue weighted by Crippen LogP contribution is 2.39. The Morgan fingerprint density at radius 3 is 2.44 bits per heavy atom. The number of ether oxygens (including phenoxy) is 2. The predicted molar refractivity (Wildman–Crippen MR) is 186 cm³/mol. The number of H-pyrrole nitrogens is 1. The second-order valence-electron chi connectivity index (χ2n) is 11.9. The molecule has 1 aliphatic heterocycles. The van der Waals surface area contributed by atoms with E-state index in [0.29, 0.717) is 40.5 Å². The summed E-state index contributed by atoms with van der Waals surface area (Å²) in [5.74, 6) is 0.733. The van der Waals surface area contributed by atoms with Crippen molar-refractivity contribution in [3.05, 3.63) is 94.5 Å². The molecule has 0 radical (unpaired) electrons. The summed E-state index contributed by atoms with van der Waals surface area (Å²) in [5.41, 5.74) is 6.97. The van der Waals surface area contributed by atoms with Gasteiger partial charge in [0.1, 0.15) is 11.5 Å². The molecule has 12 heteroatoms. The molecule has 4 N–H and O–H groups in total. The van der Waals surface area contributed by atoms with Gasteiger partial charge in [0.25, 0.3) is 5.91 Å². The lowest BCUT2D eigenvalue weighted by Gasteiger charge is -2.11. The molecule has 1 aliphatic rings. The number of nitrogens with zero attached hydrogens (tertiary/aromatic N) is 3. The lowest BCUT2D eigenvalue weighted by molar-refractivity contribution is 0.0950. The molecule has 12 nitrogen and oxygen atoms in total. The number of benzene rings is 3. The molecule has 0 saturated heterocycles. The fraction of sp³-hybridized carbons (Fsp3) is 0.222. The van der Waals surface area contributed by atoms with E-state index in [4.69, 9.17) is 9.47 Å². The first-order valence-electron chi connectivity index (χ1n) is 15.4. The first-order valence-corrected chi connectivity index (χ1v) is 15.4. The van der Waals surface area contributed by atoms with Crippen molar-refractivity contribution in [1.82, 2.24) is 25.0 Å². The molecule has 0 spiro atoms. The summed E-state index contributed by atoms with van der Waals surface area (Å²) in [7, 11) is 7.38. The number of anilines is 2. The van der Waals surface area contributed by atoms with E-state index in [0.717, 1.165) is 45.7 Å². The summed E-state index contributed by atoms with van der Waals surface area (Å²) in [6.45, 7) is 5.21. The summed E-state index contributed by atoms with van der Waals surface area (Å²) >= 11 is 0. The van der Waals surface area contributed by atoms with Crippen molar-refractivity contribution in [2.24, 2.45) is 7.05 Å². The maximum Gasteiger partial charge on any atom is 0.323 e. The number of ketones is 1. The van der Waals surface area contributed by atoms with Gasteiger partial charge in [0.15, 0.2) is 5.76 Å². The van der Waals surface area contributed by atoms with E-state index in [1.54, 1.807) is 55.7 Å². The first kappa shape index (κ1) is 32.1. The molecule has 2 aromatic heterocycles. The van der Waals surface area contributed by atoms with Crippen molar-refractivity contribution in [2.45, 2.75) is 13.8 Å². The Labute approximate surface area is 277 Å². The van der Waals surface area contributed by atoms with E-state index in [-0.39, 0.29) is 17.4 Å².